The Bertz CT molecular complexity index is 584. The van der Waals surface area contributed by atoms with Crippen molar-refractivity contribution in [3.63, 3.8) is 0 Å². The minimum absolute atomic E-state index is 0.749. The molecule has 0 amide bonds. The molecule has 0 saturated carbocycles. The number of oxime groups is 1. The Balaban J connectivity index is 2.51. The molecule has 0 aromatic heterocycles. The van der Waals surface area contributed by atoms with E-state index < -0.39 is 0 Å². The summed E-state index contributed by atoms with van der Waals surface area (Å²) in [6.45, 7) is 2.10. The van der Waals surface area contributed by atoms with E-state index in [9.17, 15) is 0 Å². The Kier molecular flexibility index (Phi) is 1.60. The van der Waals surface area contributed by atoms with Crippen molar-refractivity contribution in [3.8, 4) is 0 Å². The molecule has 0 aliphatic heterocycles. The number of rotatable bonds is 0. The van der Waals surface area contributed by atoms with E-state index in [4.69, 9.17) is 5.21 Å². The van der Waals surface area contributed by atoms with Crippen LogP contribution in [0.25, 0.3) is 10.8 Å². The molecule has 2 heteroatoms. The van der Waals surface area contributed by atoms with Gasteiger partial charge in [0.05, 0.1) is 5.71 Å². The molecule has 0 bridgehead atoms. The zero-order valence-corrected chi connectivity index (χ0v) is 8.49. The van der Waals surface area contributed by atoms with Gasteiger partial charge in [0.15, 0.2) is 0 Å². The fourth-order valence-corrected chi connectivity index (χ4v) is 2.38. The first-order valence-corrected chi connectivity index (χ1v) is 5.04. The summed E-state index contributed by atoms with van der Waals surface area (Å²) in [5.41, 5.74) is 4.43. The highest BCUT2D eigenvalue weighted by atomic mass is 16.4. The normalized spacial score (nSPS) is 16.5. The molecule has 1 aliphatic carbocycles. The van der Waals surface area contributed by atoms with Gasteiger partial charge >= 0.3 is 0 Å². The second-order valence-corrected chi connectivity index (χ2v) is 3.99. The summed E-state index contributed by atoms with van der Waals surface area (Å²) in [5, 5.41) is 14.8. The lowest BCUT2D eigenvalue weighted by molar-refractivity contribution is 0.318. The summed E-state index contributed by atoms with van der Waals surface area (Å²) in [6, 6.07) is 10.4. The van der Waals surface area contributed by atoms with E-state index >= 15 is 0 Å². The van der Waals surface area contributed by atoms with Gasteiger partial charge in [-0.15, -0.1) is 0 Å². The van der Waals surface area contributed by atoms with Crippen LogP contribution in [0.5, 0.6) is 0 Å². The van der Waals surface area contributed by atoms with E-state index in [0.29, 0.717) is 0 Å². The molecule has 2 aromatic carbocycles. The Morgan fingerprint density at radius 1 is 1.20 bits per heavy atom. The summed E-state index contributed by atoms with van der Waals surface area (Å²) < 4.78 is 0. The van der Waals surface area contributed by atoms with Crippen molar-refractivity contribution in [3.05, 3.63) is 47.0 Å². The van der Waals surface area contributed by atoms with E-state index in [2.05, 4.69) is 30.3 Å². The zero-order valence-electron chi connectivity index (χ0n) is 8.49. The fraction of sp³-hybridized carbons (Fsp3) is 0.154. The maximum absolute atomic E-state index is 8.97. The van der Waals surface area contributed by atoms with Gasteiger partial charge in [-0.3, -0.25) is 0 Å². The molecule has 0 radical (unpaired) electrons. The molecule has 1 aliphatic rings. The Morgan fingerprint density at radius 3 is 2.87 bits per heavy atom. The summed E-state index contributed by atoms with van der Waals surface area (Å²) in [6.07, 6.45) is 0.749. The Hall–Kier alpha value is -1.83. The first-order chi connectivity index (χ1) is 7.31. The minimum Gasteiger partial charge on any atom is -0.411 e. The van der Waals surface area contributed by atoms with Gasteiger partial charge in [-0.2, -0.15) is 0 Å². The van der Waals surface area contributed by atoms with Gasteiger partial charge < -0.3 is 5.21 Å². The molecule has 0 spiro atoms. The molecule has 0 atom stereocenters. The van der Waals surface area contributed by atoms with Crippen LogP contribution in [0.1, 0.15) is 16.7 Å². The minimum atomic E-state index is 0.749. The standard InChI is InChI=1S/C13H11NO/c1-8-5-6-9-3-2-4-10-12(14-15)7-11(8)13(9)10/h2-6,15H,7H2,1H3. The highest BCUT2D eigenvalue weighted by Gasteiger charge is 2.21. The van der Waals surface area contributed by atoms with Crippen LogP contribution in [0.2, 0.25) is 0 Å². The summed E-state index contributed by atoms with van der Waals surface area (Å²) in [5.74, 6) is 0. The van der Waals surface area contributed by atoms with Gasteiger partial charge in [0.2, 0.25) is 0 Å². The first kappa shape index (κ1) is 8.48. The molecule has 2 aromatic rings. The number of hydrogen-bond donors (Lipinski definition) is 1. The van der Waals surface area contributed by atoms with Crippen LogP contribution in [-0.4, -0.2) is 10.9 Å². The number of aryl methyl sites for hydroxylation is 1. The molecule has 3 rings (SSSR count). The summed E-state index contributed by atoms with van der Waals surface area (Å²) in [7, 11) is 0. The third-order valence-corrected chi connectivity index (χ3v) is 3.16. The highest BCUT2D eigenvalue weighted by Crippen LogP contribution is 2.32. The van der Waals surface area contributed by atoms with E-state index in [0.717, 1.165) is 17.7 Å². The van der Waals surface area contributed by atoms with E-state index in [1.807, 2.05) is 12.1 Å². The first-order valence-electron chi connectivity index (χ1n) is 5.04. The van der Waals surface area contributed by atoms with Crippen LogP contribution >= 0.6 is 0 Å². The predicted molar refractivity (Wildman–Crippen MR) is 60.7 cm³/mol. The zero-order chi connectivity index (χ0) is 10.4. The van der Waals surface area contributed by atoms with Crippen molar-refractivity contribution < 1.29 is 5.21 Å². The van der Waals surface area contributed by atoms with Crippen LogP contribution in [0, 0.1) is 6.92 Å². The average Bonchev–Trinajstić information content (AvgIpc) is 2.65. The SMILES string of the molecule is Cc1ccc2cccc3c2c1CC3=NO. The van der Waals surface area contributed by atoms with Gasteiger partial charge in [-0.05, 0) is 28.8 Å². The number of benzene rings is 2. The van der Waals surface area contributed by atoms with Gasteiger partial charge in [0.1, 0.15) is 0 Å². The Morgan fingerprint density at radius 2 is 2.07 bits per heavy atom. The largest absolute Gasteiger partial charge is 0.411 e. The van der Waals surface area contributed by atoms with Crippen molar-refractivity contribution in [1.29, 1.82) is 0 Å². The average molecular weight is 197 g/mol. The monoisotopic (exact) mass is 197 g/mol. The highest BCUT2D eigenvalue weighted by molar-refractivity contribution is 6.18. The van der Waals surface area contributed by atoms with Crippen LogP contribution < -0.4 is 0 Å². The molecule has 2 nitrogen and oxygen atoms in total. The third kappa shape index (κ3) is 1.02. The molecular weight excluding hydrogens is 186 g/mol. The molecule has 0 heterocycles. The lowest BCUT2D eigenvalue weighted by Gasteiger charge is -2.03. The van der Waals surface area contributed by atoms with Gasteiger partial charge in [-0.1, -0.05) is 35.5 Å². The molecule has 0 saturated heterocycles. The molecular formula is C13H11NO. The molecule has 15 heavy (non-hydrogen) atoms. The topological polar surface area (TPSA) is 32.6 Å². The second kappa shape index (κ2) is 2.83. The molecule has 0 unspecified atom stereocenters. The summed E-state index contributed by atoms with van der Waals surface area (Å²) in [4.78, 5) is 0. The quantitative estimate of drug-likeness (QED) is 0.511. The van der Waals surface area contributed by atoms with Gasteiger partial charge in [0, 0.05) is 12.0 Å². The van der Waals surface area contributed by atoms with Crippen molar-refractivity contribution in [2.24, 2.45) is 5.16 Å². The number of hydrogen-bond acceptors (Lipinski definition) is 2. The molecule has 74 valence electrons. The maximum Gasteiger partial charge on any atom is 0.0918 e. The van der Waals surface area contributed by atoms with E-state index in [1.54, 1.807) is 0 Å². The van der Waals surface area contributed by atoms with Crippen LogP contribution in [0.15, 0.2) is 35.5 Å². The van der Waals surface area contributed by atoms with Crippen molar-refractivity contribution in [1.82, 2.24) is 0 Å². The second-order valence-electron chi connectivity index (χ2n) is 3.99. The predicted octanol–water partition coefficient (Wildman–Crippen LogP) is 2.88. The lowest BCUT2D eigenvalue weighted by atomic mass is 10.0. The molecule has 0 fully saturated rings. The molecule has 1 N–H and O–H groups in total. The van der Waals surface area contributed by atoms with E-state index in [1.165, 1.54) is 21.9 Å². The van der Waals surface area contributed by atoms with Crippen molar-refractivity contribution in [2.45, 2.75) is 13.3 Å². The van der Waals surface area contributed by atoms with Crippen LogP contribution in [0.4, 0.5) is 0 Å². The maximum atomic E-state index is 8.97. The summed E-state index contributed by atoms with van der Waals surface area (Å²) >= 11 is 0. The lowest BCUT2D eigenvalue weighted by Crippen LogP contribution is -1.97. The van der Waals surface area contributed by atoms with Crippen molar-refractivity contribution >= 4 is 16.5 Å². The van der Waals surface area contributed by atoms with Crippen LogP contribution in [-0.2, 0) is 6.42 Å². The fourth-order valence-electron chi connectivity index (χ4n) is 2.38. The van der Waals surface area contributed by atoms with Crippen LogP contribution in [0.3, 0.4) is 0 Å². The van der Waals surface area contributed by atoms with Crippen molar-refractivity contribution in [2.75, 3.05) is 0 Å². The third-order valence-electron chi connectivity index (χ3n) is 3.16. The van der Waals surface area contributed by atoms with Gasteiger partial charge in [0.25, 0.3) is 0 Å². The van der Waals surface area contributed by atoms with Gasteiger partial charge in [-0.25, -0.2) is 0 Å². The smallest absolute Gasteiger partial charge is 0.0918 e. The Labute approximate surface area is 87.8 Å². The van der Waals surface area contributed by atoms with E-state index in [-0.39, 0.29) is 0 Å². The number of nitrogens with zero attached hydrogens (tertiary/aromatic N) is 1.